The molecule has 1 atom stereocenters. The van der Waals surface area contributed by atoms with Crippen LogP contribution in [0.5, 0.6) is 5.75 Å². The number of carbonyl (C=O) groups is 2. The van der Waals surface area contributed by atoms with Crippen LogP contribution in [0.15, 0.2) is 30.3 Å². The second-order valence-electron chi connectivity index (χ2n) is 6.06. The summed E-state index contributed by atoms with van der Waals surface area (Å²) >= 11 is 0. The summed E-state index contributed by atoms with van der Waals surface area (Å²) in [5, 5.41) is 0. The molecule has 0 bridgehead atoms. The van der Waals surface area contributed by atoms with E-state index in [9.17, 15) is 9.59 Å². The van der Waals surface area contributed by atoms with E-state index in [1.807, 2.05) is 37.4 Å². The van der Waals surface area contributed by atoms with Gasteiger partial charge in [0.2, 0.25) is 11.8 Å². The molecule has 2 aliphatic heterocycles. The van der Waals surface area contributed by atoms with Crippen molar-refractivity contribution in [2.45, 2.75) is 12.5 Å². The van der Waals surface area contributed by atoms with Gasteiger partial charge >= 0.3 is 0 Å². The van der Waals surface area contributed by atoms with E-state index < -0.39 is 0 Å². The minimum absolute atomic E-state index is 0.0570. The van der Waals surface area contributed by atoms with E-state index >= 15 is 0 Å². The van der Waals surface area contributed by atoms with Crippen LogP contribution < -0.4 is 4.74 Å². The van der Waals surface area contributed by atoms with E-state index in [1.165, 1.54) is 0 Å². The van der Waals surface area contributed by atoms with Gasteiger partial charge in [0.1, 0.15) is 11.8 Å². The van der Waals surface area contributed by atoms with Crippen molar-refractivity contribution in [3.63, 3.8) is 0 Å². The molecule has 124 valence electrons. The lowest BCUT2D eigenvalue weighted by Crippen LogP contribution is -2.64. The molecule has 0 unspecified atom stereocenters. The molecule has 6 nitrogen and oxygen atoms in total. The predicted octanol–water partition coefficient (Wildman–Crippen LogP) is 0.440. The molecule has 1 aromatic rings. The zero-order valence-electron chi connectivity index (χ0n) is 13.5. The third-order valence-corrected chi connectivity index (χ3v) is 4.56. The number of amides is 2. The predicted molar refractivity (Wildman–Crippen MR) is 86.1 cm³/mol. The van der Waals surface area contributed by atoms with Gasteiger partial charge in [-0.3, -0.25) is 14.5 Å². The summed E-state index contributed by atoms with van der Waals surface area (Å²) in [6.45, 7) is 3.99. The summed E-state index contributed by atoms with van der Waals surface area (Å²) in [4.78, 5) is 30.3. The number of carbonyl (C=O) groups excluding carboxylic acids is 2. The molecular weight excluding hydrogens is 294 g/mol. The van der Waals surface area contributed by atoms with Crippen LogP contribution in [0.3, 0.4) is 0 Å². The first-order valence-electron chi connectivity index (χ1n) is 8.10. The molecule has 23 heavy (non-hydrogen) atoms. The Hall–Kier alpha value is -2.08. The number of para-hydroxylation sites is 1. The van der Waals surface area contributed by atoms with Crippen LogP contribution in [-0.4, -0.2) is 78.9 Å². The smallest absolute Gasteiger partial charge is 0.241 e. The van der Waals surface area contributed by atoms with Crippen LogP contribution >= 0.6 is 0 Å². The van der Waals surface area contributed by atoms with E-state index in [0.29, 0.717) is 26.1 Å². The minimum Gasteiger partial charge on any atom is -0.493 e. The fraction of sp³-hybridized carbons (Fsp3) is 0.529. The Morgan fingerprint density at radius 3 is 2.70 bits per heavy atom. The first-order valence-corrected chi connectivity index (χ1v) is 8.10. The molecule has 0 N–H and O–H groups in total. The largest absolute Gasteiger partial charge is 0.493 e. The molecule has 2 fully saturated rings. The molecule has 0 aromatic heterocycles. The molecule has 3 rings (SSSR count). The second-order valence-corrected chi connectivity index (χ2v) is 6.06. The van der Waals surface area contributed by atoms with Gasteiger partial charge in [-0.25, -0.2) is 0 Å². The average molecular weight is 317 g/mol. The Morgan fingerprint density at radius 1 is 1.17 bits per heavy atom. The summed E-state index contributed by atoms with van der Waals surface area (Å²) in [5.74, 6) is 0.949. The number of benzene rings is 1. The highest BCUT2D eigenvalue weighted by Gasteiger charge is 2.38. The van der Waals surface area contributed by atoms with Gasteiger partial charge in [0, 0.05) is 39.8 Å². The number of hydrogen-bond acceptors (Lipinski definition) is 4. The Morgan fingerprint density at radius 2 is 1.91 bits per heavy atom. The topological polar surface area (TPSA) is 53.1 Å². The highest BCUT2D eigenvalue weighted by molar-refractivity contribution is 5.84. The third-order valence-electron chi connectivity index (χ3n) is 4.56. The van der Waals surface area contributed by atoms with Crippen molar-refractivity contribution < 1.29 is 14.3 Å². The Bertz CT molecular complexity index is 563. The third kappa shape index (κ3) is 3.64. The number of fused-ring (bicyclic) bond motifs is 1. The van der Waals surface area contributed by atoms with Gasteiger partial charge in [-0.15, -0.1) is 0 Å². The lowest BCUT2D eigenvalue weighted by Gasteiger charge is -2.45. The number of likely N-dealkylation sites (N-methyl/N-ethyl adjacent to an activating group) is 1. The first kappa shape index (κ1) is 15.8. The quantitative estimate of drug-likeness (QED) is 0.809. The van der Waals surface area contributed by atoms with Crippen LogP contribution in [0, 0.1) is 0 Å². The van der Waals surface area contributed by atoms with Crippen molar-refractivity contribution in [3.05, 3.63) is 30.3 Å². The van der Waals surface area contributed by atoms with E-state index in [-0.39, 0.29) is 17.9 Å². The maximum absolute atomic E-state index is 12.4. The van der Waals surface area contributed by atoms with Gasteiger partial charge in [0.25, 0.3) is 0 Å². The van der Waals surface area contributed by atoms with Gasteiger partial charge in [-0.05, 0) is 12.1 Å². The molecule has 0 radical (unpaired) electrons. The van der Waals surface area contributed by atoms with Gasteiger partial charge in [0.15, 0.2) is 0 Å². The maximum Gasteiger partial charge on any atom is 0.241 e. The Kier molecular flexibility index (Phi) is 4.81. The Balaban J connectivity index is 1.49. The molecule has 0 spiro atoms. The zero-order valence-corrected chi connectivity index (χ0v) is 13.5. The summed E-state index contributed by atoms with van der Waals surface area (Å²) in [6, 6.07) is 9.31. The molecule has 2 heterocycles. The lowest BCUT2D eigenvalue weighted by molar-refractivity contribution is -0.147. The molecule has 1 aromatic carbocycles. The van der Waals surface area contributed by atoms with Crippen LogP contribution in [-0.2, 0) is 9.59 Å². The molecule has 0 aliphatic carbocycles. The van der Waals surface area contributed by atoms with E-state index in [0.717, 1.165) is 25.4 Å². The van der Waals surface area contributed by atoms with Gasteiger partial charge in [0.05, 0.1) is 13.0 Å². The summed E-state index contributed by atoms with van der Waals surface area (Å²) in [6.07, 6.45) is 0.339. The standard InChI is InChI=1S/C17H23N3O3/c1-18-8-9-19-10-11-20(13-15(19)17(18)22)16(21)7-12-23-14-5-3-2-4-6-14/h2-6,15H,7-13H2,1H3/t15-/m1/s1. The minimum atomic E-state index is -0.179. The zero-order chi connectivity index (χ0) is 16.2. The number of nitrogens with zero attached hydrogens (tertiary/aromatic N) is 3. The molecule has 6 heteroatoms. The van der Waals surface area contributed by atoms with Gasteiger partial charge in [-0.2, -0.15) is 0 Å². The van der Waals surface area contributed by atoms with Crippen molar-refractivity contribution in [3.8, 4) is 5.75 Å². The second kappa shape index (κ2) is 7.00. The number of rotatable bonds is 4. The highest BCUT2D eigenvalue weighted by Crippen LogP contribution is 2.17. The van der Waals surface area contributed by atoms with Crippen LogP contribution in [0.4, 0.5) is 0 Å². The number of hydrogen-bond donors (Lipinski definition) is 0. The molecule has 2 saturated heterocycles. The summed E-state index contributed by atoms with van der Waals surface area (Å²) in [7, 11) is 1.83. The lowest BCUT2D eigenvalue weighted by atomic mass is 10.1. The van der Waals surface area contributed by atoms with Crippen LogP contribution in [0.25, 0.3) is 0 Å². The molecule has 0 saturated carbocycles. The van der Waals surface area contributed by atoms with Crippen LogP contribution in [0.1, 0.15) is 6.42 Å². The van der Waals surface area contributed by atoms with Crippen molar-refractivity contribution >= 4 is 11.8 Å². The number of piperazine rings is 2. The maximum atomic E-state index is 12.4. The molecule has 2 amide bonds. The number of ether oxygens (including phenoxy) is 1. The first-order chi connectivity index (χ1) is 11.1. The fourth-order valence-electron chi connectivity index (χ4n) is 3.12. The van der Waals surface area contributed by atoms with Crippen molar-refractivity contribution in [1.29, 1.82) is 0 Å². The van der Waals surface area contributed by atoms with Gasteiger partial charge < -0.3 is 14.5 Å². The van der Waals surface area contributed by atoms with Crippen molar-refractivity contribution in [1.82, 2.24) is 14.7 Å². The summed E-state index contributed by atoms with van der Waals surface area (Å²) < 4.78 is 5.58. The van der Waals surface area contributed by atoms with Crippen molar-refractivity contribution in [2.24, 2.45) is 0 Å². The Labute approximate surface area is 136 Å². The van der Waals surface area contributed by atoms with E-state index in [1.54, 1.807) is 9.80 Å². The fourth-order valence-corrected chi connectivity index (χ4v) is 3.12. The van der Waals surface area contributed by atoms with Gasteiger partial charge in [-0.1, -0.05) is 18.2 Å². The normalized spacial score (nSPS) is 22.0. The highest BCUT2D eigenvalue weighted by atomic mass is 16.5. The summed E-state index contributed by atoms with van der Waals surface area (Å²) in [5.41, 5.74) is 0. The van der Waals surface area contributed by atoms with Crippen molar-refractivity contribution in [2.75, 3.05) is 46.4 Å². The molecule has 2 aliphatic rings. The average Bonchev–Trinajstić information content (AvgIpc) is 2.59. The molecular formula is C17H23N3O3. The van der Waals surface area contributed by atoms with E-state index in [4.69, 9.17) is 4.74 Å². The monoisotopic (exact) mass is 317 g/mol. The SMILES string of the molecule is CN1CCN2CCN(C(=O)CCOc3ccccc3)C[C@@H]2C1=O. The van der Waals surface area contributed by atoms with E-state index in [2.05, 4.69) is 4.90 Å². The van der Waals surface area contributed by atoms with Crippen LogP contribution in [0.2, 0.25) is 0 Å².